The van der Waals surface area contributed by atoms with Crippen LogP contribution in [-0.2, 0) is 19.3 Å². The fourth-order valence-electron chi connectivity index (χ4n) is 0. The van der Waals surface area contributed by atoms with Gasteiger partial charge in [-0.3, -0.25) is 0 Å². The van der Waals surface area contributed by atoms with E-state index in [-0.39, 0.29) is 0 Å². The van der Waals surface area contributed by atoms with Gasteiger partial charge in [-0.25, -0.2) is 0 Å². The SMILES string of the molecule is [F][Ta]([F])([F])[F]. The van der Waals surface area contributed by atoms with Crippen LogP contribution in [0.1, 0.15) is 0 Å². The van der Waals surface area contributed by atoms with E-state index in [1.165, 1.54) is 0 Å². The fraction of sp³-hybridized carbons (Fsp3) is 0. The normalized spacial score (nSPS) is 12.0. The molecule has 0 N–H and O–H groups in total. The summed E-state index contributed by atoms with van der Waals surface area (Å²) in [4.78, 5) is 0. The van der Waals surface area contributed by atoms with Gasteiger partial charge in [0.25, 0.3) is 0 Å². The topological polar surface area (TPSA) is 0 Å². The molecular weight excluding hydrogens is 257 g/mol. The molecule has 0 spiro atoms. The maximum absolute atomic E-state index is 9.90. The molecule has 0 saturated heterocycles. The van der Waals surface area contributed by atoms with Gasteiger partial charge in [0.2, 0.25) is 0 Å². The van der Waals surface area contributed by atoms with Gasteiger partial charge in [-0.05, 0) is 0 Å². The third kappa shape index (κ3) is 127. The minimum absolute atomic E-state index is 7.22. The second-order valence-electron chi connectivity index (χ2n) is 0.383. The molecule has 0 heterocycles. The van der Waals surface area contributed by atoms with Crippen LogP contribution in [0.2, 0.25) is 0 Å². The van der Waals surface area contributed by atoms with Crippen molar-refractivity contribution in [3.8, 4) is 0 Å². The number of rotatable bonds is 0. The summed E-state index contributed by atoms with van der Waals surface area (Å²) in [6.45, 7) is 0. The van der Waals surface area contributed by atoms with Crippen molar-refractivity contribution in [2.45, 2.75) is 0 Å². The van der Waals surface area contributed by atoms with E-state index in [2.05, 4.69) is 0 Å². The first-order valence-corrected chi connectivity index (χ1v) is 5.53. The summed E-state index contributed by atoms with van der Waals surface area (Å²) in [5.74, 6) is 0. The monoisotopic (exact) mass is 257 g/mol. The zero-order valence-corrected chi connectivity index (χ0v) is 5.17. The summed E-state index contributed by atoms with van der Waals surface area (Å²) in [5.41, 5.74) is 0. The molecule has 0 aliphatic carbocycles. The van der Waals surface area contributed by atoms with Crippen molar-refractivity contribution in [2.24, 2.45) is 0 Å². The van der Waals surface area contributed by atoms with Crippen molar-refractivity contribution in [1.82, 2.24) is 0 Å². The van der Waals surface area contributed by atoms with Gasteiger partial charge in [-0.2, -0.15) is 0 Å². The molecular formula is F4Ta. The second-order valence-corrected chi connectivity index (χ2v) is 3.14. The Kier molecular flexibility index (Phi) is 1.40. The molecule has 0 unspecified atom stereocenters. The molecule has 0 fully saturated rings. The maximum atomic E-state index is 9.90. The Morgan fingerprint density at radius 3 is 0.800 bits per heavy atom. The van der Waals surface area contributed by atoms with Crippen molar-refractivity contribution in [1.29, 1.82) is 0 Å². The molecule has 0 saturated carbocycles. The van der Waals surface area contributed by atoms with Crippen molar-refractivity contribution in [2.75, 3.05) is 0 Å². The van der Waals surface area contributed by atoms with E-state index in [9.17, 15) is 12.1 Å². The standard InChI is InChI=1S/4FH.Ta/h4*1H;/q;;;;+4/p-4. The first kappa shape index (κ1) is 5.46. The van der Waals surface area contributed by atoms with Crippen LogP contribution in [0.3, 0.4) is 0 Å². The molecule has 0 atom stereocenters. The van der Waals surface area contributed by atoms with Crippen LogP contribution in [0, 0.1) is 0 Å². The van der Waals surface area contributed by atoms with Gasteiger partial charge in [0.1, 0.15) is 0 Å². The number of hydrogen-bond acceptors (Lipinski definition) is 0. The zero-order chi connectivity index (χ0) is 4.50. The van der Waals surface area contributed by atoms with Gasteiger partial charge >= 0.3 is 31.4 Å². The van der Waals surface area contributed by atoms with E-state index in [4.69, 9.17) is 0 Å². The summed E-state index contributed by atoms with van der Waals surface area (Å²) in [6, 6.07) is 0. The van der Waals surface area contributed by atoms with E-state index < -0.39 is 19.3 Å². The summed E-state index contributed by atoms with van der Waals surface area (Å²) >= 11 is -7.22. The van der Waals surface area contributed by atoms with Crippen LogP contribution >= 0.6 is 0 Å². The zero-order valence-electron chi connectivity index (χ0n) is 1.96. The van der Waals surface area contributed by atoms with Gasteiger partial charge in [-0.1, -0.05) is 0 Å². The van der Waals surface area contributed by atoms with E-state index >= 15 is 0 Å². The Morgan fingerprint density at radius 1 is 0.800 bits per heavy atom. The molecule has 0 aliphatic heterocycles. The van der Waals surface area contributed by atoms with Crippen LogP contribution in [0.15, 0.2) is 0 Å². The van der Waals surface area contributed by atoms with Crippen molar-refractivity contribution >= 4 is 0 Å². The predicted molar refractivity (Wildman–Crippen MR) is 4.43 cm³/mol. The first-order valence-electron chi connectivity index (χ1n) is 0.676. The summed E-state index contributed by atoms with van der Waals surface area (Å²) in [7, 11) is 0. The molecule has 0 aromatic rings. The van der Waals surface area contributed by atoms with Crippen LogP contribution in [0.5, 0.6) is 0 Å². The van der Waals surface area contributed by atoms with E-state index in [1.54, 1.807) is 0 Å². The molecule has 0 aromatic carbocycles. The summed E-state index contributed by atoms with van der Waals surface area (Å²) in [5, 5.41) is 0. The average molecular weight is 257 g/mol. The Hall–Kier alpha value is 0.460. The van der Waals surface area contributed by atoms with Crippen molar-refractivity contribution < 1.29 is 31.4 Å². The molecule has 0 radical (unpaired) electrons. The second kappa shape index (κ2) is 1.28. The molecule has 0 amide bonds. The van der Waals surface area contributed by atoms with Gasteiger partial charge in [-0.15, -0.1) is 0 Å². The first-order chi connectivity index (χ1) is 2.00. The minimum atomic E-state index is -7.22. The van der Waals surface area contributed by atoms with Gasteiger partial charge in [0.15, 0.2) is 0 Å². The molecule has 0 aliphatic rings. The van der Waals surface area contributed by atoms with Crippen LogP contribution in [-0.4, -0.2) is 0 Å². The molecule has 0 nitrogen and oxygen atoms in total. The molecule has 0 aromatic heterocycles. The number of halogens is 4. The molecule has 0 bridgehead atoms. The molecule has 5 heteroatoms. The van der Waals surface area contributed by atoms with E-state index in [0.29, 0.717) is 0 Å². The molecule has 5 heavy (non-hydrogen) atoms. The van der Waals surface area contributed by atoms with Gasteiger partial charge in [0, 0.05) is 0 Å². The van der Waals surface area contributed by atoms with E-state index in [0.717, 1.165) is 0 Å². The molecule has 0 rings (SSSR count). The Labute approximate surface area is 32.1 Å². The van der Waals surface area contributed by atoms with Gasteiger partial charge in [0.05, 0.1) is 0 Å². The van der Waals surface area contributed by atoms with Crippen LogP contribution in [0.25, 0.3) is 0 Å². The predicted octanol–water partition coefficient (Wildman–Crippen LogP) is 1.68. The Bertz CT molecular complexity index is 19.1. The summed E-state index contributed by atoms with van der Waals surface area (Å²) in [6.07, 6.45) is 0. The van der Waals surface area contributed by atoms with Gasteiger partial charge < -0.3 is 0 Å². The van der Waals surface area contributed by atoms with Crippen molar-refractivity contribution in [3.63, 3.8) is 0 Å². The Morgan fingerprint density at radius 2 is 0.800 bits per heavy atom. The van der Waals surface area contributed by atoms with Crippen LogP contribution < -0.4 is 0 Å². The van der Waals surface area contributed by atoms with Crippen LogP contribution in [0.4, 0.5) is 12.1 Å². The third-order valence-electron chi connectivity index (χ3n) is 0. The molecule has 33 valence electrons. The third-order valence-corrected chi connectivity index (χ3v) is 0. The quantitative estimate of drug-likeness (QED) is 0.579. The Balaban J connectivity index is 3.02. The average Bonchev–Trinajstić information content (AvgIpc) is 0.722. The fourth-order valence-corrected chi connectivity index (χ4v) is 0. The summed E-state index contributed by atoms with van der Waals surface area (Å²) < 4.78 is 39.6. The van der Waals surface area contributed by atoms with E-state index in [1.807, 2.05) is 0 Å². The number of hydrogen-bond donors (Lipinski definition) is 0. The van der Waals surface area contributed by atoms with Crippen molar-refractivity contribution in [3.05, 3.63) is 0 Å².